The van der Waals surface area contributed by atoms with Gasteiger partial charge in [0.05, 0.1) is 24.8 Å². The molecule has 1 aromatic rings. The standard InChI is InChI=1S/C18H24N2O3S/c1-2-3-10-23-15-6-4-14(5-7-15)20-17(21)13-16(18(20)22)19-8-11-24-12-9-19/h4-7,16H,2-3,8-13H2,1H3. The number of ether oxygens (including phenoxy) is 1. The van der Waals surface area contributed by atoms with Crippen LogP contribution < -0.4 is 9.64 Å². The minimum atomic E-state index is -0.293. The third kappa shape index (κ3) is 3.75. The molecule has 2 heterocycles. The first kappa shape index (κ1) is 17.3. The van der Waals surface area contributed by atoms with E-state index in [-0.39, 0.29) is 24.3 Å². The van der Waals surface area contributed by atoms with Crippen LogP contribution >= 0.6 is 11.8 Å². The maximum Gasteiger partial charge on any atom is 0.251 e. The second kappa shape index (κ2) is 8.03. The van der Waals surface area contributed by atoms with Crippen LogP contribution in [-0.2, 0) is 9.59 Å². The summed E-state index contributed by atoms with van der Waals surface area (Å²) in [6, 6.07) is 6.96. The normalized spacial score (nSPS) is 22.2. The van der Waals surface area contributed by atoms with Gasteiger partial charge in [-0.2, -0.15) is 11.8 Å². The van der Waals surface area contributed by atoms with Gasteiger partial charge in [0.15, 0.2) is 0 Å². The van der Waals surface area contributed by atoms with Crippen LogP contribution in [0.15, 0.2) is 24.3 Å². The minimum Gasteiger partial charge on any atom is -0.494 e. The Labute approximate surface area is 147 Å². The highest BCUT2D eigenvalue weighted by Gasteiger charge is 2.42. The molecule has 130 valence electrons. The number of carbonyl (C=O) groups is 2. The summed E-state index contributed by atoms with van der Waals surface area (Å²) in [7, 11) is 0. The van der Waals surface area contributed by atoms with Crippen molar-refractivity contribution in [3.05, 3.63) is 24.3 Å². The number of hydrogen-bond acceptors (Lipinski definition) is 5. The number of rotatable bonds is 6. The van der Waals surface area contributed by atoms with Crippen LogP contribution in [0.5, 0.6) is 5.75 Å². The number of amides is 2. The van der Waals surface area contributed by atoms with Gasteiger partial charge in [0.25, 0.3) is 5.91 Å². The molecule has 2 fully saturated rings. The van der Waals surface area contributed by atoms with E-state index in [1.165, 1.54) is 4.90 Å². The molecule has 0 aromatic heterocycles. The van der Waals surface area contributed by atoms with Gasteiger partial charge in [-0.25, -0.2) is 4.90 Å². The van der Waals surface area contributed by atoms with Crippen LogP contribution in [-0.4, -0.2) is 54.0 Å². The molecule has 1 unspecified atom stereocenters. The molecule has 0 bridgehead atoms. The van der Waals surface area contributed by atoms with Gasteiger partial charge in [0.2, 0.25) is 5.91 Å². The number of imide groups is 1. The number of carbonyl (C=O) groups excluding carboxylic acids is 2. The number of benzene rings is 1. The molecule has 0 saturated carbocycles. The van der Waals surface area contributed by atoms with Crippen molar-refractivity contribution in [1.82, 2.24) is 4.90 Å². The summed E-state index contributed by atoms with van der Waals surface area (Å²) >= 11 is 1.90. The van der Waals surface area contributed by atoms with E-state index in [1.54, 1.807) is 12.1 Å². The lowest BCUT2D eigenvalue weighted by Gasteiger charge is -2.30. The lowest BCUT2D eigenvalue weighted by atomic mass is 10.2. The van der Waals surface area contributed by atoms with E-state index in [2.05, 4.69) is 11.8 Å². The van der Waals surface area contributed by atoms with E-state index in [1.807, 2.05) is 23.9 Å². The monoisotopic (exact) mass is 348 g/mol. The van der Waals surface area contributed by atoms with Gasteiger partial charge >= 0.3 is 0 Å². The first-order valence-corrected chi connectivity index (χ1v) is 9.77. The van der Waals surface area contributed by atoms with Crippen molar-refractivity contribution < 1.29 is 14.3 Å². The Balaban J connectivity index is 1.67. The Hall–Kier alpha value is -1.53. The Morgan fingerprint density at radius 1 is 1.17 bits per heavy atom. The molecule has 0 N–H and O–H groups in total. The van der Waals surface area contributed by atoms with Crippen molar-refractivity contribution in [2.24, 2.45) is 0 Å². The molecule has 2 aliphatic heterocycles. The third-order valence-corrected chi connectivity index (χ3v) is 5.41. The highest BCUT2D eigenvalue weighted by Crippen LogP contribution is 2.28. The van der Waals surface area contributed by atoms with E-state index in [0.29, 0.717) is 12.3 Å². The van der Waals surface area contributed by atoms with E-state index >= 15 is 0 Å². The summed E-state index contributed by atoms with van der Waals surface area (Å²) in [5, 5.41) is 0. The lowest BCUT2D eigenvalue weighted by Crippen LogP contribution is -2.45. The summed E-state index contributed by atoms with van der Waals surface area (Å²) in [5.74, 6) is 2.63. The molecule has 0 spiro atoms. The quantitative estimate of drug-likeness (QED) is 0.584. The Bertz CT molecular complexity index is 584. The zero-order chi connectivity index (χ0) is 16.9. The number of unbranched alkanes of at least 4 members (excludes halogenated alkanes) is 1. The molecule has 0 aliphatic carbocycles. The van der Waals surface area contributed by atoms with Crippen LogP contribution in [0, 0.1) is 0 Å². The summed E-state index contributed by atoms with van der Waals surface area (Å²) < 4.78 is 5.64. The van der Waals surface area contributed by atoms with E-state index in [9.17, 15) is 9.59 Å². The second-order valence-electron chi connectivity index (χ2n) is 6.13. The maximum atomic E-state index is 12.7. The summed E-state index contributed by atoms with van der Waals surface area (Å²) in [6.45, 7) is 4.57. The average Bonchev–Trinajstić information content (AvgIpc) is 2.91. The Morgan fingerprint density at radius 3 is 2.54 bits per heavy atom. The second-order valence-corrected chi connectivity index (χ2v) is 7.36. The van der Waals surface area contributed by atoms with Gasteiger partial charge in [-0.05, 0) is 30.7 Å². The molecule has 2 saturated heterocycles. The SMILES string of the molecule is CCCCOc1ccc(N2C(=O)CC(N3CCSCC3)C2=O)cc1. The molecule has 0 radical (unpaired) electrons. The highest BCUT2D eigenvalue weighted by atomic mass is 32.2. The molecule has 3 rings (SSSR count). The van der Waals surface area contributed by atoms with Crippen LogP contribution in [0.2, 0.25) is 0 Å². The molecule has 1 aromatic carbocycles. The van der Waals surface area contributed by atoms with Crippen molar-refractivity contribution in [3.8, 4) is 5.75 Å². The van der Waals surface area contributed by atoms with E-state index in [4.69, 9.17) is 4.74 Å². The van der Waals surface area contributed by atoms with Gasteiger partial charge < -0.3 is 4.74 Å². The average molecular weight is 348 g/mol. The van der Waals surface area contributed by atoms with Gasteiger partial charge in [0, 0.05) is 24.6 Å². The molecule has 6 heteroatoms. The zero-order valence-corrected chi connectivity index (χ0v) is 14.9. The van der Waals surface area contributed by atoms with E-state index < -0.39 is 0 Å². The van der Waals surface area contributed by atoms with Crippen LogP contribution in [0.25, 0.3) is 0 Å². The first-order chi connectivity index (χ1) is 11.7. The fourth-order valence-corrected chi connectivity index (χ4v) is 4.02. The minimum absolute atomic E-state index is 0.0912. The largest absolute Gasteiger partial charge is 0.494 e. The molecule has 5 nitrogen and oxygen atoms in total. The molecule has 2 amide bonds. The zero-order valence-electron chi connectivity index (χ0n) is 14.1. The Morgan fingerprint density at radius 2 is 1.88 bits per heavy atom. The summed E-state index contributed by atoms with van der Waals surface area (Å²) in [6.07, 6.45) is 2.39. The molecule has 24 heavy (non-hydrogen) atoms. The van der Waals surface area contributed by atoms with Crippen LogP contribution in [0.3, 0.4) is 0 Å². The number of anilines is 1. The van der Waals surface area contributed by atoms with Crippen LogP contribution in [0.4, 0.5) is 5.69 Å². The van der Waals surface area contributed by atoms with Crippen molar-refractivity contribution >= 4 is 29.3 Å². The summed E-state index contributed by atoms with van der Waals surface area (Å²) in [5.41, 5.74) is 0.640. The van der Waals surface area contributed by atoms with Gasteiger partial charge in [-0.1, -0.05) is 13.3 Å². The van der Waals surface area contributed by atoms with Crippen LogP contribution in [0.1, 0.15) is 26.2 Å². The highest BCUT2D eigenvalue weighted by molar-refractivity contribution is 7.99. The number of hydrogen-bond donors (Lipinski definition) is 0. The smallest absolute Gasteiger partial charge is 0.251 e. The fraction of sp³-hybridized carbons (Fsp3) is 0.556. The van der Waals surface area contributed by atoms with Gasteiger partial charge in [-0.15, -0.1) is 0 Å². The number of nitrogens with zero attached hydrogens (tertiary/aromatic N) is 2. The topological polar surface area (TPSA) is 49.9 Å². The third-order valence-electron chi connectivity index (χ3n) is 4.47. The van der Waals surface area contributed by atoms with Crippen molar-refractivity contribution in [2.75, 3.05) is 36.1 Å². The summed E-state index contributed by atoms with van der Waals surface area (Å²) in [4.78, 5) is 28.6. The lowest BCUT2D eigenvalue weighted by molar-refractivity contribution is -0.122. The Kier molecular flexibility index (Phi) is 5.79. The maximum absolute atomic E-state index is 12.7. The molecule has 1 atom stereocenters. The molecule has 2 aliphatic rings. The molecular weight excluding hydrogens is 324 g/mol. The van der Waals surface area contributed by atoms with Crippen molar-refractivity contribution in [3.63, 3.8) is 0 Å². The van der Waals surface area contributed by atoms with Crippen molar-refractivity contribution in [1.29, 1.82) is 0 Å². The van der Waals surface area contributed by atoms with Gasteiger partial charge in [0.1, 0.15) is 5.75 Å². The number of thioether (sulfide) groups is 1. The fourth-order valence-electron chi connectivity index (χ4n) is 3.09. The van der Waals surface area contributed by atoms with E-state index in [0.717, 1.165) is 43.2 Å². The van der Waals surface area contributed by atoms with Crippen molar-refractivity contribution in [2.45, 2.75) is 32.2 Å². The first-order valence-electron chi connectivity index (χ1n) is 8.62. The predicted molar refractivity (Wildman–Crippen MR) is 96.6 cm³/mol. The molecular formula is C18H24N2O3S. The predicted octanol–water partition coefficient (Wildman–Crippen LogP) is 2.55. The van der Waals surface area contributed by atoms with Gasteiger partial charge in [-0.3, -0.25) is 14.5 Å².